The number of aromatic nitrogens is 4. The molecule has 12 heteroatoms. The summed E-state index contributed by atoms with van der Waals surface area (Å²) >= 11 is 0. The van der Waals surface area contributed by atoms with Crippen LogP contribution in [-0.4, -0.2) is 61.0 Å². The predicted molar refractivity (Wildman–Crippen MR) is 114 cm³/mol. The molecule has 0 radical (unpaired) electrons. The van der Waals surface area contributed by atoms with Crippen LogP contribution in [0.15, 0.2) is 36.5 Å². The molecule has 178 valence electrons. The van der Waals surface area contributed by atoms with Gasteiger partial charge in [-0.2, -0.15) is 18.3 Å². The van der Waals surface area contributed by atoms with Gasteiger partial charge in [0.1, 0.15) is 17.5 Å². The maximum Gasteiger partial charge on any atom is 0.419 e. The molecule has 2 saturated heterocycles. The number of likely N-dealkylation sites (tertiary alicyclic amines) is 2. The van der Waals surface area contributed by atoms with Gasteiger partial charge in [0.2, 0.25) is 0 Å². The number of nitrogens with one attached hydrogen (secondary N) is 2. The lowest BCUT2D eigenvalue weighted by atomic mass is 10.1. The number of carbonyl (C=O) groups is 1. The van der Waals surface area contributed by atoms with E-state index in [1.54, 1.807) is 18.3 Å². The molecule has 34 heavy (non-hydrogen) atoms. The molecule has 1 amide bonds. The van der Waals surface area contributed by atoms with Crippen LogP contribution in [0, 0.1) is 12.7 Å². The van der Waals surface area contributed by atoms with E-state index >= 15 is 0 Å². The smallest absolute Gasteiger partial charge is 0.333 e. The van der Waals surface area contributed by atoms with Crippen LogP contribution in [0.3, 0.4) is 0 Å². The second-order valence-corrected chi connectivity index (χ2v) is 8.49. The Kier molecular flexibility index (Phi) is 5.47. The average molecular weight is 475 g/mol. The monoisotopic (exact) mass is 475 g/mol. The maximum absolute atomic E-state index is 14.5. The molecule has 5 rings (SSSR count). The molecule has 2 fully saturated rings. The van der Waals surface area contributed by atoms with Crippen molar-refractivity contribution in [3.63, 3.8) is 0 Å². The second kappa shape index (κ2) is 8.35. The molecular weight excluding hydrogens is 454 g/mol. The Bertz CT molecular complexity index is 1210. The van der Waals surface area contributed by atoms with Gasteiger partial charge in [0, 0.05) is 49.2 Å². The quantitative estimate of drug-likeness (QED) is 0.549. The van der Waals surface area contributed by atoms with Crippen molar-refractivity contribution in [2.24, 2.45) is 0 Å². The van der Waals surface area contributed by atoms with Crippen molar-refractivity contribution in [3.05, 3.63) is 65.0 Å². The Hall–Kier alpha value is -3.54. The summed E-state index contributed by atoms with van der Waals surface area (Å²) in [5, 5.41) is 9.87. The molecule has 2 aliphatic heterocycles. The first-order valence-corrected chi connectivity index (χ1v) is 10.7. The summed E-state index contributed by atoms with van der Waals surface area (Å²) in [7, 11) is 0. The van der Waals surface area contributed by atoms with Crippen molar-refractivity contribution in [3.8, 4) is 0 Å². The summed E-state index contributed by atoms with van der Waals surface area (Å²) < 4.78 is 53.6. The SMILES string of the molecule is Cc1cc(Nc2cc[nH]n2)nc(CN2C[C@@H]3C[C@H]2CN3C(=O)c2cccc(C(F)(F)F)c2F)n1. The second-order valence-electron chi connectivity index (χ2n) is 8.49. The third-order valence-corrected chi connectivity index (χ3v) is 6.15. The molecule has 2 bridgehead atoms. The van der Waals surface area contributed by atoms with Crippen LogP contribution < -0.4 is 5.32 Å². The highest BCUT2D eigenvalue weighted by atomic mass is 19.4. The molecule has 0 unspecified atom stereocenters. The molecule has 0 saturated carbocycles. The zero-order chi connectivity index (χ0) is 24.0. The number of benzene rings is 1. The van der Waals surface area contributed by atoms with Crippen molar-refractivity contribution >= 4 is 17.5 Å². The minimum atomic E-state index is -4.86. The molecule has 0 spiro atoms. The number of alkyl halides is 3. The molecule has 2 N–H and O–H groups in total. The lowest BCUT2D eigenvalue weighted by Crippen LogP contribution is -2.48. The maximum atomic E-state index is 14.5. The van der Waals surface area contributed by atoms with Gasteiger partial charge in [-0.15, -0.1) is 0 Å². The minimum absolute atomic E-state index is 0.00493. The largest absolute Gasteiger partial charge is 0.419 e. The number of piperazine rings is 1. The van der Waals surface area contributed by atoms with Gasteiger partial charge < -0.3 is 10.2 Å². The zero-order valence-electron chi connectivity index (χ0n) is 18.1. The molecule has 1 aromatic carbocycles. The van der Waals surface area contributed by atoms with Crippen LogP contribution in [0.2, 0.25) is 0 Å². The zero-order valence-corrected chi connectivity index (χ0v) is 18.1. The number of nitrogens with zero attached hydrogens (tertiary/aromatic N) is 5. The van der Waals surface area contributed by atoms with Crippen LogP contribution in [0.25, 0.3) is 0 Å². The van der Waals surface area contributed by atoms with Gasteiger partial charge in [-0.1, -0.05) is 6.07 Å². The summed E-state index contributed by atoms with van der Waals surface area (Å²) in [6.07, 6.45) is -2.51. The summed E-state index contributed by atoms with van der Waals surface area (Å²) in [5.74, 6) is -0.402. The number of anilines is 2. The van der Waals surface area contributed by atoms with E-state index in [-0.39, 0.29) is 12.1 Å². The highest BCUT2D eigenvalue weighted by molar-refractivity contribution is 5.95. The van der Waals surface area contributed by atoms with E-state index in [1.807, 2.05) is 6.92 Å². The Balaban J connectivity index is 1.27. The molecule has 0 aliphatic carbocycles. The number of fused-ring (bicyclic) bond motifs is 2. The highest BCUT2D eigenvalue weighted by Gasteiger charge is 2.46. The van der Waals surface area contributed by atoms with Crippen LogP contribution >= 0.6 is 0 Å². The normalized spacial score (nSPS) is 20.2. The lowest BCUT2D eigenvalue weighted by molar-refractivity contribution is -0.140. The number of halogens is 4. The molecule has 3 aromatic rings. The molecule has 8 nitrogen and oxygen atoms in total. The van der Waals surface area contributed by atoms with E-state index in [2.05, 4.69) is 30.4 Å². The fourth-order valence-electron chi connectivity index (χ4n) is 4.67. The van der Waals surface area contributed by atoms with Crippen molar-refractivity contribution < 1.29 is 22.4 Å². The topological polar surface area (TPSA) is 90.0 Å². The van der Waals surface area contributed by atoms with Crippen molar-refractivity contribution in [1.29, 1.82) is 0 Å². The van der Waals surface area contributed by atoms with Gasteiger partial charge in [-0.3, -0.25) is 14.8 Å². The van der Waals surface area contributed by atoms with Gasteiger partial charge in [-0.25, -0.2) is 14.4 Å². The highest BCUT2D eigenvalue weighted by Crippen LogP contribution is 2.36. The number of hydrogen-bond donors (Lipinski definition) is 2. The number of rotatable bonds is 5. The van der Waals surface area contributed by atoms with E-state index in [0.717, 1.165) is 17.8 Å². The van der Waals surface area contributed by atoms with Crippen LogP contribution in [0.4, 0.5) is 29.2 Å². The molecule has 2 aromatic heterocycles. The Morgan fingerprint density at radius 1 is 1.18 bits per heavy atom. The van der Waals surface area contributed by atoms with Gasteiger partial charge in [-0.05, 0) is 25.5 Å². The van der Waals surface area contributed by atoms with Crippen molar-refractivity contribution in [1.82, 2.24) is 30.0 Å². The fourth-order valence-corrected chi connectivity index (χ4v) is 4.67. The van der Waals surface area contributed by atoms with E-state index in [4.69, 9.17) is 0 Å². The predicted octanol–water partition coefficient (Wildman–Crippen LogP) is 3.51. The number of aromatic amines is 1. The number of hydrogen-bond acceptors (Lipinski definition) is 6. The third-order valence-electron chi connectivity index (χ3n) is 6.15. The van der Waals surface area contributed by atoms with E-state index in [9.17, 15) is 22.4 Å². The minimum Gasteiger partial charge on any atom is -0.333 e. The first-order valence-electron chi connectivity index (χ1n) is 10.7. The third kappa shape index (κ3) is 4.20. The van der Waals surface area contributed by atoms with Crippen LogP contribution in [0.5, 0.6) is 0 Å². The summed E-state index contributed by atoms with van der Waals surface area (Å²) in [6, 6.07) is 6.16. The molecule has 2 atom stereocenters. The van der Waals surface area contributed by atoms with Crippen molar-refractivity contribution in [2.75, 3.05) is 18.4 Å². The standard InChI is InChI=1S/C22H21F4N7O/c1-12-7-18(29-17-5-6-27-31-17)30-19(28-12)11-32-9-14-8-13(32)10-33(14)21(34)15-3-2-4-16(20(15)23)22(24,25)26/h2-7,13-14H,8-11H2,1H3,(H2,27,28,29,30,31)/t13-,14-/m0/s1. The number of carbonyl (C=O) groups excluding carboxylic acids is 1. The summed E-state index contributed by atoms with van der Waals surface area (Å²) in [4.78, 5) is 25.6. The van der Waals surface area contributed by atoms with Crippen molar-refractivity contribution in [2.45, 2.75) is 38.1 Å². The van der Waals surface area contributed by atoms with Gasteiger partial charge in [0.05, 0.1) is 17.7 Å². The molecular formula is C22H21F4N7O. The van der Waals surface area contributed by atoms with E-state index in [1.165, 1.54) is 4.90 Å². The Morgan fingerprint density at radius 2 is 2.00 bits per heavy atom. The first-order chi connectivity index (χ1) is 16.2. The lowest BCUT2D eigenvalue weighted by Gasteiger charge is -2.34. The van der Waals surface area contributed by atoms with E-state index in [0.29, 0.717) is 49.6 Å². The number of H-pyrrole nitrogens is 1. The molecule has 4 heterocycles. The van der Waals surface area contributed by atoms with Crippen LogP contribution in [0.1, 0.15) is 33.9 Å². The van der Waals surface area contributed by atoms with Gasteiger partial charge in [0.15, 0.2) is 5.82 Å². The summed E-state index contributed by atoms with van der Waals surface area (Å²) in [6.45, 7) is 3.14. The average Bonchev–Trinajstić information content (AvgIpc) is 3.50. The van der Waals surface area contributed by atoms with Crippen LogP contribution in [-0.2, 0) is 12.7 Å². The fraction of sp³-hybridized carbons (Fsp3) is 0.364. The van der Waals surface area contributed by atoms with E-state index < -0.39 is 29.0 Å². The Morgan fingerprint density at radius 3 is 2.68 bits per heavy atom. The molecule has 2 aliphatic rings. The number of amides is 1. The Labute approximate surface area is 192 Å². The first kappa shape index (κ1) is 22.3. The number of aryl methyl sites for hydroxylation is 1. The van der Waals surface area contributed by atoms with Gasteiger partial charge in [0.25, 0.3) is 5.91 Å². The van der Waals surface area contributed by atoms with Gasteiger partial charge >= 0.3 is 6.18 Å². The summed E-state index contributed by atoms with van der Waals surface area (Å²) in [5.41, 5.74) is -1.20.